The molecule has 192 valence electrons. The van der Waals surface area contributed by atoms with Crippen molar-refractivity contribution < 1.29 is 18.4 Å². The third kappa shape index (κ3) is 4.32. The number of carbonyl (C=O) groups excluding carboxylic acids is 2. The summed E-state index contributed by atoms with van der Waals surface area (Å²) in [4.78, 5) is 30.6. The maximum Gasteiger partial charge on any atom is 0.322 e. The number of rotatable bonds is 5. The average Bonchev–Trinajstić information content (AvgIpc) is 3.64. The van der Waals surface area contributed by atoms with E-state index in [-0.39, 0.29) is 30.2 Å². The molecule has 0 radical (unpaired) electrons. The van der Waals surface area contributed by atoms with Crippen LogP contribution in [0.15, 0.2) is 85.1 Å². The van der Waals surface area contributed by atoms with Gasteiger partial charge < -0.3 is 14.8 Å². The van der Waals surface area contributed by atoms with E-state index in [2.05, 4.69) is 9.88 Å². The first-order valence-electron chi connectivity index (χ1n) is 12.6. The van der Waals surface area contributed by atoms with Crippen molar-refractivity contribution in [1.82, 2.24) is 9.47 Å². The minimum Gasteiger partial charge on any atom is -0.316 e. The van der Waals surface area contributed by atoms with Crippen LogP contribution in [-0.2, 0) is 4.79 Å². The number of nitrogens with one attached hydrogen (secondary N) is 1. The molecule has 0 saturated heterocycles. The van der Waals surface area contributed by atoms with Crippen LogP contribution in [0.1, 0.15) is 35.7 Å². The summed E-state index contributed by atoms with van der Waals surface area (Å²) < 4.78 is 29.2. The topological polar surface area (TPSA) is 57.6 Å². The van der Waals surface area contributed by atoms with Crippen LogP contribution in [0, 0.1) is 18.6 Å². The summed E-state index contributed by atoms with van der Waals surface area (Å²) in [7, 11) is 0. The summed E-state index contributed by atoms with van der Waals surface area (Å²) >= 11 is 0. The van der Waals surface area contributed by atoms with Crippen molar-refractivity contribution >= 4 is 23.3 Å². The molecule has 3 amide bonds. The standard InChI is InChI=1S/C30H26F2N4O2/c1-19-8-10-20(11-9-19)29-27-7-4-16-34(27)25-5-2-3-6-26(25)36(29)28(37)18-35(22-13-14-22)30(38)33-21-12-15-23(31)24(32)17-21/h2-12,15-17,22,29H,13-14,18H2,1H3,(H,33,38). The van der Waals surface area contributed by atoms with Crippen LogP contribution in [0.3, 0.4) is 0 Å². The fraction of sp³-hybridized carbons (Fsp3) is 0.200. The number of hydrogen-bond acceptors (Lipinski definition) is 2. The van der Waals surface area contributed by atoms with Crippen LogP contribution >= 0.6 is 0 Å². The van der Waals surface area contributed by atoms with Crippen LogP contribution in [0.25, 0.3) is 5.69 Å². The summed E-state index contributed by atoms with van der Waals surface area (Å²) in [6.07, 6.45) is 3.54. The van der Waals surface area contributed by atoms with E-state index in [9.17, 15) is 18.4 Å². The Kier molecular flexibility index (Phi) is 5.94. The predicted molar refractivity (Wildman–Crippen MR) is 141 cm³/mol. The van der Waals surface area contributed by atoms with E-state index < -0.39 is 17.7 Å². The highest BCUT2D eigenvalue weighted by Gasteiger charge is 2.40. The molecule has 1 fully saturated rings. The molecule has 1 atom stereocenters. The van der Waals surface area contributed by atoms with Crippen molar-refractivity contribution in [3.8, 4) is 5.69 Å². The number of amides is 3. The molecule has 2 heterocycles. The molecule has 0 bridgehead atoms. The van der Waals surface area contributed by atoms with Crippen LogP contribution < -0.4 is 10.2 Å². The van der Waals surface area contributed by atoms with Gasteiger partial charge in [-0.2, -0.15) is 0 Å². The Morgan fingerprint density at radius 3 is 2.37 bits per heavy atom. The third-order valence-corrected chi connectivity index (χ3v) is 7.11. The van der Waals surface area contributed by atoms with Gasteiger partial charge >= 0.3 is 6.03 Å². The molecule has 1 aromatic heterocycles. The van der Waals surface area contributed by atoms with E-state index in [0.717, 1.165) is 53.2 Å². The molecule has 8 heteroatoms. The van der Waals surface area contributed by atoms with Crippen LogP contribution in [0.4, 0.5) is 25.0 Å². The van der Waals surface area contributed by atoms with E-state index in [4.69, 9.17) is 0 Å². The van der Waals surface area contributed by atoms with E-state index in [1.807, 2.05) is 73.8 Å². The third-order valence-electron chi connectivity index (χ3n) is 7.11. The number of anilines is 2. The number of halogens is 2. The van der Waals surface area contributed by atoms with Gasteiger partial charge in [0.15, 0.2) is 11.6 Å². The second-order valence-corrected chi connectivity index (χ2v) is 9.79. The highest BCUT2D eigenvalue weighted by molar-refractivity contribution is 6.01. The molecule has 1 saturated carbocycles. The van der Waals surface area contributed by atoms with Gasteiger partial charge in [-0.3, -0.25) is 9.69 Å². The Hall–Kier alpha value is -4.46. The minimum absolute atomic E-state index is 0.0917. The van der Waals surface area contributed by atoms with Crippen molar-refractivity contribution in [3.63, 3.8) is 0 Å². The van der Waals surface area contributed by atoms with Crippen LogP contribution in [0.5, 0.6) is 0 Å². The second-order valence-electron chi connectivity index (χ2n) is 9.79. The number of hydrogen-bond donors (Lipinski definition) is 1. The van der Waals surface area contributed by atoms with Crippen molar-refractivity contribution in [3.05, 3.63) is 114 Å². The lowest BCUT2D eigenvalue weighted by atomic mass is 9.97. The molecule has 0 spiro atoms. The normalized spacial score (nSPS) is 16.0. The maximum absolute atomic E-state index is 14.1. The summed E-state index contributed by atoms with van der Waals surface area (Å²) in [5, 5.41) is 2.62. The lowest BCUT2D eigenvalue weighted by Gasteiger charge is -2.39. The van der Waals surface area contributed by atoms with Gasteiger partial charge in [0, 0.05) is 24.0 Å². The first-order chi connectivity index (χ1) is 18.4. The van der Waals surface area contributed by atoms with Crippen LogP contribution in [-0.4, -0.2) is 34.0 Å². The molecule has 6 nitrogen and oxygen atoms in total. The average molecular weight is 513 g/mol. The summed E-state index contributed by atoms with van der Waals surface area (Å²) in [6, 6.07) is 22.0. The monoisotopic (exact) mass is 512 g/mol. The molecule has 1 unspecified atom stereocenters. The van der Waals surface area contributed by atoms with Gasteiger partial charge in [0.25, 0.3) is 0 Å². The van der Waals surface area contributed by atoms with E-state index in [1.54, 1.807) is 4.90 Å². The van der Waals surface area contributed by atoms with Gasteiger partial charge in [0.05, 0.1) is 17.1 Å². The fourth-order valence-electron chi connectivity index (χ4n) is 5.07. The molecule has 3 aromatic carbocycles. The van der Waals surface area contributed by atoms with Gasteiger partial charge in [-0.15, -0.1) is 0 Å². The van der Waals surface area contributed by atoms with Crippen molar-refractivity contribution in [2.24, 2.45) is 0 Å². The lowest BCUT2D eigenvalue weighted by molar-refractivity contribution is -0.119. The first-order valence-corrected chi connectivity index (χ1v) is 12.6. The fourth-order valence-corrected chi connectivity index (χ4v) is 5.07. The molecular formula is C30H26F2N4O2. The summed E-state index contributed by atoms with van der Waals surface area (Å²) in [5.74, 6) is -2.28. The number of urea groups is 1. The highest BCUT2D eigenvalue weighted by atomic mass is 19.2. The van der Waals surface area contributed by atoms with Gasteiger partial charge in [-0.1, -0.05) is 42.0 Å². The SMILES string of the molecule is Cc1ccc(C2c3cccn3-c3ccccc3N2C(=O)CN(C(=O)Nc2ccc(F)c(F)c2)C2CC2)cc1. The van der Waals surface area contributed by atoms with Gasteiger partial charge in [0.1, 0.15) is 12.6 Å². The Balaban J connectivity index is 1.35. The summed E-state index contributed by atoms with van der Waals surface area (Å²) in [6.45, 7) is 1.86. The molecule has 1 aliphatic heterocycles. The number of aromatic nitrogens is 1. The van der Waals surface area contributed by atoms with Gasteiger partial charge in [-0.25, -0.2) is 13.6 Å². The van der Waals surface area contributed by atoms with E-state index in [1.165, 1.54) is 11.0 Å². The predicted octanol–water partition coefficient (Wildman–Crippen LogP) is 6.20. The zero-order valence-corrected chi connectivity index (χ0v) is 20.8. The first kappa shape index (κ1) is 23.9. The van der Waals surface area contributed by atoms with Crippen molar-refractivity contribution in [2.45, 2.75) is 31.8 Å². The molecular weight excluding hydrogens is 486 g/mol. The Morgan fingerprint density at radius 2 is 1.66 bits per heavy atom. The molecule has 4 aromatic rings. The Morgan fingerprint density at radius 1 is 0.921 bits per heavy atom. The van der Waals surface area contributed by atoms with Crippen LogP contribution in [0.2, 0.25) is 0 Å². The Labute approximate surface area is 219 Å². The zero-order valence-electron chi connectivity index (χ0n) is 20.8. The van der Waals surface area contributed by atoms with E-state index in [0.29, 0.717) is 0 Å². The second kappa shape index (κ2) is 9.45. The quantitative estimate of drug-likeness (QED) is 0.346. The Bertz CT molecular complexity index is 1530. The van der Waals surface area contributed by atoms with Gasteiger partial charge in [-0.05, 0) is 61.7 Å². The highest BCUT2D eigenvalue weighted by Crippen LogP contribution is 2.42. The number of nitrogens with zero attached hydrogens (tertiary/aromatic N) is 3. The summed E-state index contributed by atoms with van der Waals surface area (Å²) in [5.41, 5.74) is 4.79. The van der Waals surface area contributed by atoms with Crippen molar-refractivity contribution in [2.75, 3.05) is 16.8 Å². The number of carbonyl (C=O) groups is 2. The number of fused-ring (bicyclic) bond motifs is 3. The number of para-hydroxylation sites is 2. The van der Waals surface area contributed by atoms with Gasteiger partial charge in [0.2, 0.25) is 5.91 Å². The maximum atomic E-state index is 14.1. The largest absolute Gasteiger partial charge is 0.322 e. The minimum atomic E-state index is -1.05. The van der Waals surface area contributed by atoms with Crippen molar-refractivity contribution in [1.29, 1.82) is 0 Å². The molecule has 1 aliphatic carbocycles. The van der Waals surface area contributed by atoms with E-state index >= 15 is 0 Å². The molecule has 1 N–H and O–H groups in total. The molecule has 6 rings (SSSR count). The zero-order chi connectivity index (χ0) is 26.4. The lowest BCUT2D eigenvalue weighted by Crippen LogP contribution is -2.48. The number of aryl methyl sites for hydroxylation is 1. The molecule has 38 heavy (non-hydrogen) atoms. The number of benzene rings is 3. The molecule has 2 aliphatic rings. The smallest absolute Gasteiger partial charge is 0.316 e.